The topological polar surface area (TPSA) is 60.9 Å². The summed E-state index contributed by atoms with van der Waals surface area (Å²) in [5, 5.41) is 0. The maximum Gasteiger partial charge on any atom is 0.267 e. The summed E-state index contributed by atoms with van der Waals surface area (Å²) in [5.74, 6) is 2.07. The maximum atomic E-state index is 12.7. The number of nitrogens with zero attached hydrogens (tertiary/aromatic N) is 2. The average Bonchev–Trinajstić information content (AvgIpc) is 2.68. The van der Waals surface area contributed by atoms with E-state index in [4.69, 9.17) is 14.2 Å². The van der Waals surface area contributed by atoms with E-state index in [2.05, 4.69) is 4.98 Å². The predicted octanol–water partition coefficient (Wildman–Crippen LogP) is 2.29. The van der Waals surface area contributed by atoms with E-state index in [1.807, 2.05) is 41.3 Å². The van der Waals surface area contributed by atoms with Crippen LogP contribution in [0, 0.1) is 0 Å². The van der Waals surface area contributed by atoms with Gasteiger partial charge < -0.3 is 19.1 Å². The molecule has 6 heteroatoms. The molecular formula is C19H20N2O4. The van der Waals surface area contributed by atoms with Crippen molar-refractivity contribution in [2.24, 2.45) is 0 Å². The van der Waals surface area contributed by atoms with Gasteiger partial charge in [-0.15, -0.1) is 0 Å². The van der Waals surface area contributed by atoms with Crippen LogP contribution in [0.1, 0.15) is 12.8 Å². The molecule has 130 valence electrons. The van der Waals surface area contributed by atoms with Crippen molar-refractivity contribution in [2.75, 3.05) is 19.7 Å². The van der Waals surface area contributed by atoms with Gasteiger partial charge in [-0.2, -0.15) is 0 Å². The minimum atomic E-state index is -0.578. The van der Waals surface area contributed by atoms with Gasteiger partial charge in [0.15, 0.2) is 11.5 Å². The monoisotopic (exact) mass is 340 g/mol. The van der Waals surface area contributed by atoms with E-state index >= 15 is 0 Å². The van der Waals surface area contributed by atoms with Gasteiger partial charge in [-0.1, -0.05) is 12.1 Å². The molecule has 4 rings (SSSR count). The summed E-state index contributed by atoms with van der Waals surface area (Å²) in [6.07, 6.45) is 4.55. The number of benzene rings is 1. The number of carbonyl (C=O) groups excluding carboxylic acids is 1. The van der Waals surface area contributed by atoms with E-state index in [0.717, 1.165) is 18.6 Å². The zero-order valence-electron chi connectivity index (χ0n) is 13.8. The molecule has 0 aliphatic carbocycles. The van der Waals surface area contributed by atoms with Gasteiger partial charge in [0.05, 0.1) is 6.20 Å². The number of likely N-dealkylation sites (tertiary alicyclic amines) is 1. The first-order valence-electron chi connectivity index (χ1n) is 8.53. The Morgan fingerprint density at radius 1 is 1.12 bits per heavy atom. The molecule has 3 heterocycles. The number of pyridine rings is 1. The lowest BCUT2D eigenvalue weighted by molar-refractivity contribution is -0.143. The summed E-state index contributed by atoms with van der Waals surface area (Å²) in [5.41, 5.74) is 0. The number of hydrogen-bond acceptors (Lipinski definition) is 5. The van der Waals surface area contributed by atoms with Gasteiger partial charge in [0.2, 0.25) is 6.10 Å². The Morgan fingerprint density at radius 2 is 1.92 bits per heavy atom. The molecular weight excluding hydrogens is 320 g/mol. The highest BCUT2D eigenvalue weighted by Crippen LogP contribution is 2.31. The number of para-hydroxylation sites is 2. The van der Waals surface area contributed by atoms with Crippen LogP contribution >= 0.6 is 0 Å². The van der Waals surface area contributed by atoms with Gasteiger partial charge in [0.1, 0.15) is 18.5 Å². The smallest absolute Gasteiger partial charge is 0.267 e. The quantitative estimate of drug-likeness (QED) is 0.858. The lowest BCUT2D eigenvalue weighted by atomic mass is 10.1. The maximum absolute atomic E-state index is 12.7. The number of rotatable bonds is 3. The highest BCUT2D eigenvalue weighted by Gasteiger charge is 2.33. The summed E-state index contributed by atoms with van der Waals surface area (Å²) < 4.78 is 17.4. The number of aromatic nitrogens is 1. The number of fused-ring (bicyclic) bond motifs is 1. The predicted molar refractivity (Wildman–Crippen MR) is 90.8 cm³/mol. The largest absolute Gasteiger partial charge is 0.489 e. The molecule has 1 unspecified atom stereocenters. The highest BCUT2D eigenvalue weighted by atomic mass is 16.6. The second-order valence-corrected chi connectivity index (χ2v) is 6.20. The van der Waals surface area contributed by atoms with E-state index in [-0.39, 0.29) is 18.6 Å². The number of carbonyl (C=O) groups is 1. The third-order valence-electron chi connectivity index (χ3n) is 4.47. The molecule has 0 N–H and O–H groups in total. The van der Waals surface area contributed by atoms with Gasteiger partial charge in [-0.25, -0.2) is 0 Å². The van der Waals surface area contributed by atoms with Crippen molar-refractivity contribution < 1.29 is 19.0 Å². The van der Waals surface area contributed by atoms with Crippen LogP contribution in [0.3, 0.4) is 0 Å². The van der Waals surface area contributed by atoms with Crippen LogP contribution in [0.5, 0.6) is 17.2 Å². The third kappa shape index (κ3) is 3.52. The van der Waals surface area contributed by atoms with Crippen LogP contribution in [-0.2, 0) is 4.79 Å². The molecule has 1 aromatic carbocycles. The van der Waals surface area contributed by atoms with E-state index in [9.17, 15) is 4.79 Å². The van der Waals surface area contributed by atoms with Gasteiger partial charge >= 0.3 is 0 Å². The second kappa shape index (κ2) is 7.01. The molecule has 0 radical (unpaired) electrons. The van der Waals surface area contributed by atoms with Crippen LogP contribution in [0.2, 0.25) is 0 Å². The highest BCUT2D eigenvalue weighted by molar-refractivity contribution is 5.82. The molecule has 1 atom stereocenters. The fraction of sp³-hybridized carbons (Fsp3) is 0.368. The number of piperidine rings is 1. The molecule has 25 heavy (non-hydrogen) atoms. The molecule has 1 saturated heterocycles. The summed E-state index contributed by atoms with van der Waals surface area (Å²) in [4.78, 5) is 18.6. The van der Waals surface area contributed by atoms with E-state index in [1.165, 1.54) is 0 Å². The summed E-state index contributed by atoms with van der Waals surface area (Å²) in [7, 11) is 0. The number of hydrogen-bond donors (Lipinski definition) is 0. The molecule has 6 nitrogen and oxygen atoms in total. The molecule has 1 aromatic heterocycles. The average molecular weight is 340 g/mol. The van der Waals surface area contributed by atoms with Crippen molar-refractivity contribution in [3.63, 3.8) is 0 Å². The van der Waals surface area contributed by atoms with Crippen LogP contribution in [0.4, 0.5) is 0 Å². The van der Waals surface area contributed by atoms with Crippen molar-refractivity contribution in [1.29, 1.82) is 0 Å². The number of amides is 1. The fourth-order valence-corrected chi connectivity index (χ4v) is 3.15. The first kappa shape index (κ1) is 15.7. The minimum Gasteiger partial charge on any atom is -0.489 e. The molecule has 1 amide bonds. The fourth-order valence-electron chi connectivity index (χ4n) is 3.15. The Labute approximate surface area is 146 Å². The first-order chi connectivity index (χ1) is 12.3. The van der Waals surface area contributed by atoms with Crippen LogP contribution in [0.15, 0.2) is 48.8 Å². The lowest BCUT2D eigenvalue weighted by Gasteiger charge is -2.35. The molecule has 1 fully saturated rings. The van der Waals surface area contributed by atoms with Crippen molar-refractivity contribution in [3.8, 4) is 17.2 Å². The minimum absolute atomic E-state index is 0.0191. The molecule has 0 bridgehead atoms. The van der Waals surface area contributed by atoms with Gasteiger partial charge in [0, 0.05) is 32.1 Å². The summed E-state index contributed by atoms with van der Waals surface area (Å²) >= 11 is 0. The van der Waals surface area contributed by atoms with Gasteiger partial charge in [-0.3, -0.25) is 9.78 Å². The van der Waals surface area contributed by atoms with Crippen LogP contribution < -0.4 is 14.2 Å². The van der Waals surface area contributed by atoms with Gasteiger partial charge in [0.25, 0.3) is 5.91 Å². The normalized spacial score (nSPS) is 20.2. The molecule has 2 aliphatic rings. The molecule has 0 spiro atoms. The summed E-state index contributed by atoms with van der Waals surface area (Å²) in [6, 6.07) is 11.2. The third-order valence-corrected chi connectivity index (χ3v) is 4.47. The second-order valence-electron chi connectivity index (χ2n) is 6.20. The zero-order chi connectivity index (χ0) is 17.1. The molecule has 2 aliphatic heterocycles. The Bertz CT molecular complexity index is 729. The van der Waals surface area contributed by atoms with Crippen molar-refractivity contribution in [1.82, 2.24) is 9.88 Å². The number of ether oxygens (including phenoxy) is 3. The Kier molecular flexibility index (Phi) is 4.41. The van der Waals surface area contributed by atoms with E-state index in [1.54, 1.807) is 12.4 Å². The van der Waals surface area contributed by atoms with E-state index < -0.39 is 6.10 Å². The SMILES string of the molecule is O=C(C1COc2ccccc2O1)N1CCC(Oc2cccnc2)CC1. The van der Waals surface area contributed by atoms with E-state index in [0.29, 0.717) is 24.6 Å². The Hall–Kier alpha value is -2.76. The van der Waals surface area contributed by atoms with Crippen molar-refractivity contribution >= 4 is 5.91 Å². The Morgan fingerprint density at radius 3 is 2.68 bits per heavy atom. The van der Waals surface area contributed by atoms with Crippen molar-refractivity contribution in [3.05, 3.63) is 48.8 Å². The Balaban J connectivity index is 1.31. The standard InChI is InChI=1S/C19H20N2O4/c22-19(18-13-23-16-5-1-2-6-17(16)25-18)21-10-7-14(8-11-21)24-15-4-3-9-20-12-15/h1-6,9,12,14,18H,7-8,10-11,13H2. The summed E-state index contributed by atoms with van der Waals surface area (Å²) in [6.45, 7) is 1.57. The van der Waals surface area contributed by atoms with Crippen LogP contribution in [-0.4, -0.2) is 47.7 Å². The van der Waals surface area contributed by atoms with Crippen LogP contribution in [0.25, 0.3) is 0 Å². The zero-order valence-corrected chi connectivity index (χ0v) is 13.8. The van der Waals surface area contributed by atoms with Crippen molar-refractivity contribution in [2.45, 2.75) is 25.0 Å². The lowest BCUT2D eigenvalue weighted by Crippen LogP contribution is -2.50. The van der Waals surface area contributed by atoms with Gasteiger partial charge in [-0.05, 0) is 24.3 Å². The first-order valence-corrected chi connectivity index (χ1v) is 8.53. The molecule has 2 aromatic rings. The molecule has 0 saturated carbocycles.